The quantitative estimate of drug-likeness (QED) is 0.299. The molecule has 0 bridgehead atoms. The molecular formula is C31H25FN2O5. The lowest BCUT2D eigenvalue weighted by atomic mass is 9.98. The Kier molecular flexibility index (Phi) is 7.36. The molecular weight excluding hydrogens is 499 g/mol. The molecule has 0 saturated heterocycles. The number of halogens is 1. The van der Waals surface area contributed by atoms with Crippen molar-refractivity contribution in [2.45, 2.75) is 12.5 Å². The normalized spacial score (nSPS) is 11.8. The Balaban J connectivity index is 1.34. The van der Waals surface area contributed by atoms with E-state index in [4.69, 9.17) is 4.74 Å². The van der Waals surface area contributed by atoms with Crippen LogP contribution < -0.4 is 5.32 Å². The topological polar surface area (TPSA) is 95.9 Å². The summed E-state index contributed by atoms with van der Waals surface area (Å²) in [6, 6.07) is 28.4. The molecule has 0 atom stereocenters. The van der Waals surface area contributed by atoms with Crippen LogP contribution in [0.4, 0.5) is 14.9 Å². The number of carboxylic acids is 1. The van der Waals surface area contributed by atoms with Crippen LogP contribution >= 0.6 is 0 Å². The van der Waals surface area contributed by atoms with E-state index in [1.165, 1.54) is 12.1 Å². The van der Waals surface area contributed by atoms with Crippen LogP contribution in [0, 0.1) is 5.82 Å². The third kappa shape index (κ3) is 5.50. The maximum Gasteiger partial charge on any atom is 0.411 e. The molecule has 0 aliphatic heterocycles. The molecule has 0 aromatic heterocycles. The molecule has 0 fully saturated rings. The lowest BCUT2D eigenvalue weighted by molar-refractivity contribution is -0.137. The molecule has 0 unspecified atom stereocenters. The average molecular weight is 525 g/mol. The Labute approximate surface area is 224 Å². The van der Waals surface area contributed by atoms with Crippen molar-refractivity contribution in [1.29, 1.82) is 0 Å². The van der Waals surface area contributed by atoms with Crippen LogP contribution in [0.25, 0.3) is 11.1 Å². The Morgan fingerprint density at radius 1 is 0.821 bits per heavy atom. The van der Waals surface area contributed by atoms with Gasteiger partial charge in [-0.05, 0) is 39.9 Å². The number of nitrogens with one attached hydrogen (secondary N) is 1. The van der Waals surface area contributed by atoms with Crippen LogP contribution in [0.3, 0.4) is 0 Å². The van der Waals surface area contributed by atoms with Gasteiger partial charge >= 0.3 is 12.1 Å². The summed E-state index contributed by atoms with van der Waals surface area (Å²) in [7, 11) is 0. The number of benzene rings is 4. The highest BCUT2D eigenvalue weighted by Gasteiger charge is 2.30. The highest BCUT2D eigenvalue weighted by Crippen LogP contribution is 2.44. The second kappa shape index (κ2) is 11.2. The third-order valence-corrected chi connectivity index (χ3v) is 6.64. The van der Waals surface area contributed by atoms with Crippen molar-refractivity contribution < 1.29 is 28.6 Å². The van der Waals surface area contributed by atoms with E-state index in [2.05, 4.69) is 5.32 Å². The maximum atomic E-state index is 14.9. The van der Waals surface area contributed by atoms with Crippen molar-refractivity contribution in [3.8, 4) is 11.1 Å². The number of anilines is 1. The predicted octanol–water partition coefficient (Wildman–Crippen LogP) is 5.91. The summed E-state index contributed by atoms with van der Waals surface area (Å²) in [4.78, 5) is 38.8. The number of aliphatic carboxylic acids is 1. The van der Waals surface area contributed by atoms with E-state index in [1.807, 2.05) is 48.5 Å². The molecule has 1 aliphatic carbocycles. The van der Waals surface area contributed by atoms with Gasteiger partial charge in [0.25, 0.3) is 5.91 Å². The van der Waals surface area contributed by atoms with Gasteiger partial charge in [0.1, 0.15) is 19.0 Å². The third-order valence-electron chi connectivity index (χ3n) is 6.64. The summed E-state index contributed by atoms with van der Waals surface area (Å²) in [5.41, 5.74) is 4.34. The van der Waals surface area contributed by atoms with Crippen LogP contribution in [0.2, 0.25) is 0 Å². The minimum atomic E-state index is -1.22. The highest BCUT2D eigenvalue weighted by molar-refractivity contribution is 6.03. The highest BCUT2D eigenvalue weighted by atomic mass is 19.1. The van der Waals surface area contributed by atoms with Gasteiger partial charge in [-0.2, -0.15) is 0 Å². The van der Waals surface area contributed by atoms with Crippen molar-refractivity contribution in [3.05, 3.63) is 125 Å². The molecule has 5 rings (SSSR count). The SMILES string of the molecule is O=C(O)CN(Cc1ccccc1)C(=O)c1cccc(F)c1NC(=O)OCC1c2ccccc2-c2ccccc21. The summed E-state index contributed by atoms with van der Waals surface area (Å²) in [6.07, 6.45) is -0.927. The molecule has 4 aromatic rings. The zero-order valence-corrected chi connectivity index (χ0v) is 20.8. The number of ether oxygens (including phenoxy) is 1. The lowest BCUT2D eigenvalue weighted by Gasteiger charge is -2.22. The van der Waals surface area contributed by atoms with Crippen LogP contribution in [0.1, 0.15) is 33.0 Å². The molecule has 0 heterocycles. The van der Waals surface area contributed by atoms with Gasteiger partial charge in [-0.15, -0.1) is 0 Å². The van der Waals surface area contributed by atoms with Crippen LogP contribution in [-0.4, -0.2) is 41.1 Å². The van der Waals surface area contributed by atoms with Gasteiger partial charge in [0, 0.05) is 12.5 Å². The maximum absolute atomic E-state index is 14.9. The van der Waals surface area contributed by atoms with Crippen LogP contribution in [0.5, 0.6) is 0 Å². The summed E-state index contributed by atoms with van der Waals surface area (Å²) in [5, 5.41) is 11.8. The fourth-order valence-corrected chi connectivity index (χ4v) is 4.90. The first kappa shape index (κ1) is 25.7. The molecule has 7 nitrogen and oxygen atoms in total. The van der Waals surface area contributed by atoms with Gasteiger partial charge in [-0.1, -0.05) is 84.9 Å². The van der Waals surface area contributed by atoms with Gasteiger partial charge in [0.15, 0.2) is 0 Å². The number of hydrogen-bond acceptors (Lipinski definition) is 4. The van der Waals surface area contributed by atoms with E-state index in [1.54, 1.807) is 30.3 Å². The number of carbonyl (C=O) groups excluding carboxylic acids is 2. The van der Waals surface area contributed by atoms with Crippen LogP contribution in [-0.2, 0) is 16.1 Å². The summed E-state index contributed by atoms with van der Waals surface area (Å²) >= 11 is 0. The number of carbonyl (C=O) groups is 3. The number of nitrogens with zero attached hydrogens (tertiary/aromatic N) is 1. The van der Waals surface area contributed by atoms with E-state index in [-0.39, 0.29) is 30.3 Å². The second-order valence-electron chi connectivity index (χ2n) is 9.15. The lowest BCUT2D eigenvalue weighted by Crippen LogP contribution is -2.36. The summed E-state index contributed by atoms with van der Waals surface area (Å²) < 4.78 is 20.4. The first-order chi connectivity index (χ1) is 18.9. The minimum Gasteiger partial charge on any atom is -0.480 e. The Morgan fingerprint density at radius 3 is 2.08 bits per heavy atom. The van der Waals surface area contributed by atoms with Gasteiger partial charge in [-0.3, -0.25) is 14.9 Å². The van der Waals surface area contributed by atoms with Crippen molar-refractivity contribution in [3.63, 3.8) is 0 Å². The first-order valence-electron chi connectivity index (χ1n) is 12.4. The van der Waals surface area contributed by atoms with Crippen molar-refractivity contribution in [1.82, 2.24) is 4.90 Å². The summed E-state index contributed by atoms with van der Waals surface area (Å²) in [5.74, 6) is -3.00. The monoisotopic (exact) mass is 524 g/mol. The second-order valence-corrected chi connectivity index (χ2v) is 9.15. The zero-order chi connectivity index (χ0) is 27.4. The molecule has 2 amide bonds. The number of rotatable bonds is 8. The molecule has 2 N–H and O–H groups in total. The average Bonchev–Trinajstić information content (AvgIpc) is 3.26. The standard InChI is InChI=1S/C31H25FN2O5/c32-27-16-8-15-25(30(37)34(18-28(35)36)17-20-9-2-1-3-10-20)29(27)33-31(38)39-19-26-23-13-6-4-11-21(23)22-12-5-7-14-24(22)26/h1-16,26H,17-19H2,(H,33,38)(H,35,36). The Hall–Kier alpha value is -4.98. The van der Waals surface area contributed by atoms with E-state index >= 15 is 0 Å². The van der Waals surface area contributed by atoms with Gasteiger partial charge in [0.2, 0.25) is 0 Å². The van der Waals surface area contributed by atoms with Crippen molar-refractivity contribution in [2.75, 3.05) is 18.5 Å². The minimum absolute atomic E-state index is 0.00707. The fourth-order valence-electron chi connectivity index (χ4n) is 4.90. The number of hydrogen-bond donors (Lipinski definition) is 2. The number of amides is 2. The van der Waals surface area contributed by atoms with Crippen molar-refractivity contribution >= 4 is 23.7 Å². The number of carboxylic acid groups (broad SMARTS) is 1. The largest absolute Gasteiger partial charge is 0.480 e. The molecule has 0 saturated carbocycles. The first-order valence-corrected chi connectivity index (χ1v) is 12.4. The van der Waals surface area contributed by atoms with Gasteiger partial charge in [0.05, 0.1) is 11.3 Å². The molecule has 196 valence electrons. The molecule has 1 aliphatic rings. The van der Waals surface area contributed by atoms with Crippen LogP contribution in [0.15, 0.2) is 97.1 Å². The smallest absolute Gasteiger partial charge is 0.411 e. The van der Waals surface area contributed by atoms with Gasteiger partial charge < -0.3 is 14.7 Å². The molecule has 0 radical (unpaired) electrons. The van der Waals surface area contributed by atoms with Gasteiger partial charge in [-0.25, -0.2) is 9.18 Å². The Morgan fingerprint density at radius 2 is 1.44 bits per heavy atom. The number of fused-ring (bicyclic) bond motifs is 3. The van der Waals surface area contributed by atoms with E-state index in [9.17, 15) is 23.9 Å². The number of para-hydroxylation sites is 1. The molecule has 4 aromatic carbocycles. The van der Waals surface area contributed by atoms with Crippen molar-refractivity contribution in [2.24, 2.45) is 0 Å². The molecule has 8 heteroatoms. The molecule has 0 spiro atoms. The molecule has 39 heavy (non-hydrogen) atoms. The fraction of sp³-hybridized carbons (Fsp3) is 0.129. The van der Waals surface area contributed by atoms with E-state index in [0.29, 0.717) is 5.56 Å². The van der Waals surface area contributed by atoms with E-state index < -0.39 is 30.3 Å². The Bertz CT molecular complexity index is 1490. The predicted molar refractivity (Wildman–Crippen MR) is 144 cm³/mol. The summed E-state index contributed by atoms with van der Waals surface area (Å²) in [6.45, 7) is -0.599. The van der Waals surface area contributed by atoms with E-state index in [0.717, 1.165) is 33.2 Å². The zero-order valence-electron chi connectivity index (χ0n) is 20.8.